The van der Waals surface area contributed by atoms with Gasteiger partial charge in [0.05, 0.1) is 12.6 Å². The predicted octanol–water partition coefficient (Wildman–Crippen LogP) is 0.305. The second-order valence-electron chi connectivity index (χ2n) is 2.24. The molecule has 0 aromatic carbocycles. The first-order chi connectivity index (χ1) is 5.13. The van der Waals surface area contributed by atoms with Crippen LogP contribution in [0.5, 0.6) is 0 Å². The Bertz CT molecular complexity index is 174. The van der Waals surface area contributed by atoms with Gasteiger partial charge in [-0.25, -0.2) is 0 Å². The Morgan fingerprint density at radius 2 is 2.36 bits per heavy atom. The van der Waals surface area contributed by atoms with Gasteiger partial charge in [0.2, 0.25) is 0 Å². The summed E-state index contributed by atoms with van der Waals surface area (Å²) in [4.78, 5) is 12.0. The molecule has 62 valence electrons. The summed E-state index contributed by atoms with van der Waals surface area (Å²) in [6.45, 7) is 4.16. The average Bonchev–Trinajstić information content (AvgIpc) is 1.98. The number of nitrogens with zero attached hydrogens (tertiary/aromatic N) is 2. The maximum absolute atomic E-state index is 10.4. The van der Waals surface area contributed by atoms with Crippen LogP contribution in [0.15, 0.2) is 0 Å². The molecule has 0 aromatic rings. The first-order valence-corrected chi connectivity index (χ1v) is 3.47. The van der Waals surface area contributed by atoms with Crippen LogP contribution in [0.2, 0.25) is 0 Å². The van der Waals surface area contributed by atoms with Gasteiger partial charge < -0.3 is 5.11 Å². The van der Waals surface area contributed by atoms with Gasteiger partial charge >= 0.3 is 5.97 Å². The second kappa shape index (κ2) is 4.69. The molecular formula is C7H12N2O2. The third-order valence-electron chi connectivity index (χ3n) is 1.59. The Hall–Kier alpha value is -1.08. The van der Waals surface area contributed by atoms with Crippen molar-refractivity contribution in [3.8, 4) is 6.07 Å². The highest BCUT2D eigenvalue weighted by Crippen LogP contribution is 1.96. The van der Waals surface area contributed by atoms with Crippen LogP contribution in [0.25, 0.3) is 0 Å². The van der Waals surface area contributed by atoms with E-state index in [1.165, 1.54) is 0 Å². The molecule has 0 saturated heterocycles. The van der Waals surface area contributed by atoms with Crippen molar-refractivity contribution in [1.82, 2.24) is 4.90 Å². The molecule has 1 N–H and O–H groups in total. The van der Waals surface area contributed by atoms with E-state index < -0.39 is 12.0 Å². The third-order valence-corrected chi connectivity index (χ3v) is 1.59. The molecule has 0 aliphatic heterocycles. The first kappa shape index (κ1) is 9.92. The third kappa shape index (κ3) is 3.01. The number of carboxylic acids is 1. The fourth-order valence-electron chi connectivity index (χ4n) is 0.770. The molecule has 11 heavy (non-hydrogen) atoms. The van der Waals surface area contributed by atoms with Crippen molar-refractivity contribution in [2.24, 2.45) is 0 Å². The van der Waals surface area contributed by atoms with E-state index >= 15 is 0 Å². The highest BCUT2D eigenvalue weighted by atomic mass is 16.4. The summed E-state index contributed by atoms with van der Waals surface area (Å²) in [6.07, 6.45) is 0. The van der Waals surface area contributed by atoms with Crippen LogP contribution in [-0.4, -0.2) is 35.1 Å². The summed E-state index contributed by atoms with van der Waals surface area (Å²) in [7, 11) is 0. The van der Waals surface area contributed by atoms with Gasteiger partial charge in [0.15, 0.2) is 0 Å². The lowest BCUT2D eigenvalue weighted by Gasteiger charge is -2.20. The Morgan fingerprint density at radius 3 is 2.64 bits per heavy atom. The maximum Gasteiger partial charge on any atom is 0.320 e. The van der Waals surface area contributed by atoms with Crippen LogP contribution in [0, 0.1) is 11.3 Å². The predicted molar refractivity (Wildman–Crippen MR) is 40.0 cm³/mol. The molecule has 0 aliphatic rings. The molecule has 0 spiro atoms. The molecule has 0 heterocycles. The van der Waals surface area contributed by atoms with E-state index in [9.17, 15) is 4.79 Å². The normalized spacial score (nSPS) is 12.5. The van der Waals surface area contributed by atoms with E-state index in [-0.39, 0.29) is 6.54 Å². The van der Waals surface area contributed by atoms with Crippen LogP contribution < -0.4 is 0 Å². The zero-order chi connectivity index (χ0) is 8.85. The number of carbonyl (C=O) groups is 1. The minimum Gasteiger partial charge on any atom is -0.480 e. The molecule has 0 amide bonds. The number of aliphatic carboxylic acids is 1. The molecule has 0 fully saturated rings. The molecule has 0 aliphatic carbocycles. The number of carboxylic acid groups (broad SMARTS) is 1. The smallest absolute Gasteiger partial charge is 0.320 e. The van der Waals surface area contributed by atoms with Gasteiger partial charge in [-0.3, -0.25) is 9.69 Å². The monoisotopic (exact) mass is 156 g/mol. The topological polar surface area (TPSA) is 64.3 Å². The van der Waals surface area contributed by atoms with Crippen molar-refractivity contribution in [2.45, 2.75) is 19.9 Å². The minimum atomic E-state index is -0.887. The van der Waals surface area contributed by atoms with Crippen LogP contribution in [0.1, 0.15) is 13.8 Å². The number of hydrogen-bond donors (Lipinski definition) is 1. The van der Waals surface area contributed by atoms with Crippen molar-refractivity contribution < 1.29 is 9.90 Å². The first-order valence-electron chi connectivity index (χ1n) is 3.47. The second-order valence-corrected chi connectivity index (χ2v) is 2.24. The Balaban J connectivity index is 4.04. The van der Waals surface area contributed by atoms with Gasteiger partial charge in [0.25, 0.3) is 0 Å². The zero-order valence-corrected chi connectivity index (χ0v) is 6.74. The van der Waals surface area contributed by atoms with Gasteiger partial charge in [-0.1, -0.05) is 6.92 Å². The summed E-state index contributed by atoms with van der Waals surface area (Å²) in [5.74, 6) is -0.887. The Kier molecular flexibility index (Phi) is 4.23. The van der Waals surface area contributed by atoms with Crippen molar-refractivity contribution in [2.75, 3.05) is 13.1 Å². The van der Waals surface area contributed by atoms with Gasteiger partial charge in [-0.2, -0.15) is 5.26 Å². The van der Waals surface area contributed by atoms with Crippen molar-refractivity contribution in [3.63, 3.8) is 0 Å². The van der Waals surface area contributed by atoms with E-state index in [0.717, 1.165) is 0 Å². The molecule has 0 radical (unpaired) electrons. The number of hydrogen-bond acceptors (Lipinski definition) is 3. The lowest BCUT2D eigenvalue weighted by atomic mass is 10.3. The average molecular weight is 156 g/mol. The molecule has 0 rings (SSSR count). The van der Waals surface area contributed by atoms with Crippen molar-refractivity contribution >= 4 is 5.97 Å². The minimum absolute atomic E-state index is 0.171. The summed E-state index contributed by atoms with van der Waals surface area (Å²) in [5, 5.41) is 16.9. The van der Waals surface area contributed by atoms with Crippen molar-refractivity contribution in [1.29, 1.82) is 5.26 Å². The van der Waals surface area contributed by atoms with Crippen LogP contribution in [0.4, 0.5) is 0 Å². The molecule has 4 heteroatoms. The van der Waals surface area contributed by atoms with Gasteiger partial charge in [0.1, 0.15) is 6.04 Å². The van der Waals surface area contributed by atoms with E-state index in [0.29, 0.717) is 6.54 Å². The number of nitriles is 1. The standard InChI is InChI=1S/C7H12N2O2/c1-3-9(5-4-8)6(2)7(10)11/h6H,3,5H2,1-2H3,(H,10,11). The van der Waals surface area contributed by atoms with E-state index in [1.807, 2.05) is 13.0 Å². The largest absolute Gasteiger partial charge is 0.480 e. The Labute approximate surface area is 66.0 Å². The molecule has 0 saturated carbocycles. The summed E-state index contributed by atoms with van der Waals surface area (Å²) < 4.78 is 0. The van der Waals surface area contributed by atoms with Crippen LogP contribution in [-0.2, 0) is 4.79 Å². The van der Waals surface area contributed by atoms with Crippen LogP contribution in [0.3, 0.4) is 0 Å². The number of likely N-dealkylation sites (N-methyl/N-ethyl adjacent to an activating group) is 1. The fraction of sp³-hybridized carbons (Fsp3) is 0.714. The maximum atomic E-state index is 10.4. The summed E-state index contributed by atoms with van der Waals surface area (Å²) in [5.41, 5.74) is 0. The van der Waals surface area contributed by atoms with Crippen molar-refractivity contribution in [3.05, 3.63) is 0 Å². The molecular weight excluding hydrogens is 144 g/mol. The number of rotatable bonds is 4. The SMILES string of the molecule is CCN(CC#N)C(C)C(=O)O. The summed E-state index contributed by atoms with van der Waals surface area (Å²) in [6, 6.07) is 1.35. The molecule has 0 aromatic heterocycles. The quantitative estimate of drug-likeness (QED) is 0.595. The molecule has 1 atom stereocenters. The molecule has 4 nitrogen and oxygen atoms in total. The zero-order valence-electron chi connectivity index (χ0n) is 6.74. The van der Waals surface area contributed by atoms with Gasteiger partial charge in [-0.05, 0) is 13.5 Å². The lowest BCUT2D eigenvalue weighted by Crippen LogP contribution is -2.38. The van der Waals surface area contributed by atoms with Crippen LogP contribution >= 0.6 is 0 Å². The molecule has 1 unspecified atom stereocenters. The van der Waals surface area contributed by atoms with Gasteiger partial charge in [0, 0.05) is 0 Å². The lowest BCUT2D eigenvalue weighted by molar-refractivity contribution is -0.142. The Morgan fingerprint density at radius 1 is 1.82 bits per heavy atom. The molecule has 0 bridgehead atoms. The highest BCUT2D eigenvalue weighted by Gasteiger charge is 2.17. The van der Waals surface area contributed by atoms with Gasteiger partial charge in [-0.15, -0.1) is 0 Å². The van der Waals surface area contributed by atoms with E-state index in [2.05, 4.69) is 0 Å². The van der Waals surface area contributed by atoms with E-state index in [1.54, 1.807) is 11.8 Å². The fourth-order valence-corrected chi connectivity index (χ4v) is 0.770. The summed E-state index contributed by atoms with van der Waals surface area (Å²) >= 11 is 0. The van der Waals surface area contributed by atoms with E-state index in [4.69, 9.17) is 10.4 Å². The highest BCUT2D eigenvalue weighted by molar-refractivity contribution is 5.72.